The van der Waals surface area contributed by atoms with Crippen molar-refractivity contribution in [2.24, 2.45) is 0 Å². The van der Waals surface area contributed by atoms with Crippen LogP contribution < -0.4 is 5.32 Å². The van der Waals surface area contributed by atoms with Crippen molar-refractivity contribution in [3.8, 4) is 11.4 Å². The molecule has 4 rings (SSSR count). The lowest BCUT2D eigenvalue weighted by molar-refractivity contribution is -0.137. The van der Waals surface area contributed by atoms with Crippen LogP contribution in [0.3, 0.4) is 0 Å². The topological polar surface area (TPSA) is 85.2 Å². The Hall–Kier alpha value is -2.32. The van der Waals surface area contributed by atoms with Crippen LogP contribution >= 0.6 is 0 Å². The minimum atomic E-state index is 0.0218. The molecule has 1 N–H and O–H groups in total. The average molecular weight is 342 g/mol. The zero-order valence-corrected chi connectivity index (χ0v) is 14.3. The molecule has 25 heavy (non-hydrogen) atoms. The summed E-state index contributed by atoms with van der Waals surface area (Å²) in [6.07, 6.45) is 1.05. The van der Waals surface area contributed by atoms with Crippen molar-refractivity contribution in [3.63, 3.8) is 0 Å². The third-order valence-electron chi connectivity index (χ3n) is 4.67. The fourth-order valence-corrected chi connectivity index (χ4v) is 3.14. The standard InChI is InChI=1S/C17H22N6O2/c1-12-2-4-13(5-3-12)17-19-21-23(20-17)10-16(24)22-8-15(9-22)18-14-6-7-25-11-14/h2-5,14-15,18H,6-11H2,1H3. The van der Waals surface area contributed by atoms with E-state index in [2.05, 4.69) is 20.7 Å². The maximum Gasteiger partial charge on any atom is 0.246 e. The molecule has 1 amide bonds. The van der Waals surface area contributed by atoms with E-state index in [1.54, 1.807) is 0 Å². The Labute approximate surface area is 146 Å². The fourth-order valence-electron chi connectivity index (χ4n) is 3.14. The lowest BCUT2D eigenvalue weighted by atomic mass is 10.1. The molecule has 2 saturated heterocycles. The van der Waals surface area contributed by atoms with Crippen LogP contribution in [-0.4, -0.2) is 69.4 Å². The first-order valence-corrected chi connectivity index (χ1v) is 8.64. The van der Waals surface area contributed by atoms with Gasteiger partial charge in [-0.15, -0.1) is 10.2 Å². The molecule has 1 unspecified atom stereocenters. The van der Waals surface area contributed by atoms with Gasteiger partial charge in [0.25, 0.3) is 0 Å². The van der Waals surface area contributed by atoms with Gasteiger partial charge < -0.3 is 15.0 Å². The van der Waals surface area contributed by atoms with E-state index in [1.807, 2.05) is 36.1 Å². The number of nitrogens with zero attached hydrogens (tertiary/aromatic N) is 5. The highest BCUT2D eigenvalue weighted by atomic mass is 16.5. The van der Waals surface area contributed by atoms with Crippen LogP contribution in [0.15, 0.2) is 24.3 Å². The van der Waals surface area contributed by atoms with Crippen molar-refractivity contribution in [2.75, 3.05) is 26.3 Å². The van der Waals surface area contributed by atoms with Gasteiger partial charge in [0.05, 0.1) is 6.61 Å². The molecule has 2 fully saturated rings. The minimum Gasteiger partial charge on any atom is -0.380 e. The molecule has 8 heteroatoms. The molecule has 1 atom stereocenters. The Morgan fingerprint density at radius 3 is 2.80 bits per heavy atom. The molecule has 132 valence electrons. The number of benzene rings is 1. The average Bonchev–Trinajstić information content (AvgIpc) is 3.23. The summed E-state index contributed by atoms with van der Waals surface area (Å²) in [5.74, 6) is 0.561. The summed E-state index contributed by atoms with van der Waals surface area (Å²) in [6, 6.07) is 8.71. The number of nitrogens with one attached hydrogen (secondary N) is 1. The predicted octanol–water partition coefficient (Wildman–Crippen LogP) is 0.238. The SMILES string of the molecule is Cc1ccc(-c2nnn(CC(=O)N3CC(NC4CCOC4)C3)n2)cc1. The molecule has 1 aromatic heterocycles. The molecular formula is C17H22N6O2. The van der Waals surface area contributed by atoms with Gasteiger partial charge in [0.2, 0.25) is 11.7 Å². The van der Waals surface area contributed by atoms with Crippen molar-refractivity contribution in [1.29, 1.82) is 0 Å². The van der Waals surface area contributed by atoms with Crippen LogP contribution in [0.25, 0.3) is 11.4 Å². The van der Waals surface area contributed by atoms with Gasteiger partial charge in [-0.05, 0) is 18.6 Å². The van der Waals surface area contributed by atoms with E-state index >= 15 is 0 Å². The van der Waals surface area contributed by atoms with Crippen molar-refractivity contribution in [3.05, 3.63) is 29.8 Å². The number of ether oxygens (including phenoxy) is 1. The number of likely N-dealkylation sites (tertiary alicyclic amines) is 1. The Balaban J connectivity index is 1.28. The highest BCUT2D eigenvalue weighted by Crippen LogP contribution is 2.15. The monoisotopic (exact) mass is 342 g/mol. The molecule has 2 aromatic rings. The first-order valence-electron chi connectivity index (χ1n) is 8.64. The molecule has 0 radical (unpaired) electrons. The van der Waals surface area contributed by atoms with Crippen LogP contribution in [0.5, 0.6) is 0 Å². The molecule has 0 bridgehead atoms. The lowest BCUT2D eigenvalue weighted by Crippen LogP contribution is -2.62. The minimum absolute atomic E-state index is 0.0218. The van der Waals surface area contributed by atoms with E-state index in [-0.39, 0.29) is 12.5 Å². The third-order valence-corrected chi connectivity index (χ3v) is 4.67. The van der Waals surface area contributed by atoms with E-state index in [9.17, 15) is 4.79 Å². The summed E-state index contributed by atoms with van der Waals surface area (Å²) in [4.78, 5) is 15.5. The number of aryl methyl sites for hydroxylation is 1. The van der Waals surface area contributed by atoms with E-state index in [4.69, 9.17) is 4.74 Å². The van der Waals surface area contributed by atoms with Gasteiger partial charge in [-0.2, -0.15) is 4.80 Å². The van der Waals surface area contributed by atoms with Crippen molar-refractivity contribution in [1.82, 2.24) is 30.4 Å². The van der Waals surface area contributed by atoms with Gasteiger partial charge in [-0.3, -0.25) is 4.79 Å². The lowest BCUT2D eigenvalue weighted by Gasteiger charge is -2.40. The Morgan fingerprint density at radius 1 is 1.28 bits per heavy atom. The fraction of sp³-hybridized carbons (Fsp3) is 0.529. The van der Waals surface area contributed by atoms with Gasteiger partial charge in [0.15, 0.2) is 0 Å². The summed E-state index contributed by atoms with van der Waals surface area (Å²) in [6.45, 7) is 5.22. The van der Waals surface area contributed by atoms with Crippen LogP contribution in [0.2, 0.25) is 0 Å². The summed E-state index contributed by atoms with van der Waals surface area (Å²) >= 11 is 0. The number of carbonyl (C=O) groups is 1. The molecule has 2 aliphatic heterocycles. The second-order valence-electron chi connectivity index (χ2n) is 6.73. The number of tetrazole rings is 1. The maximum atomic E-state index is 12.3. The van der Waals surface area contributed by atoms with Crippen molar-refractivity contribution >= 4 is 5.91 Å². The zero-order valence-electron chi connectivity index (χ0n) is 14.3. The highest BCUT2D eigenvalue weighted by Gasteiger charge is 2.33. The number of hydrogen-bond acceptors (Lipinski definition) is 6. The molecule has 0 aliphatic carbocycles. The summed E-state index contributed by atoms with van der Waals surface area (Å²) in [5, 5.41) is 15.9. The normalized spacial score (nSPS) is 20.7. The summed E-state index contributed by atoms with van der Waals surface area (Å²) in [5.41, 5.74) is 2.08. The number of aromatic nitrogens is 4. The molecule has 0 spiro atoms. The Bertz CT molecular complexity index is 732. The number of hydrogen-bond donors (Lipinski definition) is 1. The molecular weight excluding hydrogens is 320 g/mol. The second-order valence-corrected chi connectivity index (χ2v) is 6.73. The van der Waals surface area contributed by atoms with Crippen LogP contribution in [0.1, 0.15) is 12.0 Å². The van der Waals surface area contributed by atoms with Crippen molar-refractivity contribution in [2.45, 2.75) is 32.0 Å². The van der Waals surface area contributed by atoms with Gasteiger partial charge in [-0.25, -0.2) is 0 Å². The molecule has 3 heterocycles. The van der Waals surface area contributed by atoms with Crippen LogP contribution in [0, 0.1) is 6.92 Å². The number of amides is 1. The number of rotatable bonds is 5. The number of carbonyl (C=O) groups excluding carboxylic acids is 1. The molecule has 2 aliphatic rings. The quantitative estimate of drug-likeness (QED) is 0.838. The second kappa shape index (κ2) is 6.89. The predicted molar refractivity (Wildman–Crippen MR) is 90.7 cm³/mol. The Morgan fingerprint density at radius 2 is 2.08 bits per heavy atom. The van der Waals surface area contributed by atoms with E-state index in [0.717, 1.165) is 38.3 Å². The smallest absolute Gasteiger partial charge is 0.246 e. The van der Waals surface area contributed by atoms with Gasteiger partial charge in [0, 0.05) is 37.3 Å². The maximum absolute atomic E-state index is 12.3. The van der Waals surface area contributed by atoms with Gasteiger partial charge in [0.1, 0.15) is 6.54 Å². The van der Waals surface area contributed by atoms with E-state index in [0.29, 0.717) is 17.9 Å². The molecule has 0 saturated carbocycles. The first kappa shape index (κ1) is 16.2. The molecule has 8 nitrogen and oxygen atoms in total. The zero-order chi connectivity index (χ0) is 17.2. The van der Waals surface area contributed by atoms with Gasteiger partial charge >= 0.3 is 0 Å². The largest absolute Gasteiger partial charge is 0.380 e. The van der Waals surface area contributed by atoms with Crippen molar-refractivity contribution < 1.29 is 9.53 Å². The summed E-state index contributed by atoms with van der Waals surface area (Å²) < 4.78 is 5.36. The molecule has 1 aromatic carbocycles. The van der Waals surface area contributed by atoms with Crippen LogP contribution in [0.4, 0.5) is 0 Å². The highest BCUT2D eigenvalue weighted by molar-refractivity contribution is 5.76. The first-order chi connectivity index (χ1) is 12.2. The van der Waals surface area contributed by atoms with Crippen LogP contribution in [-0.2, 0) is 16.1 Å². The van der Waals surface area contributed by atoms with E-state index < -0.39 is 0 Å². The van der Waals surface area contributed by atoms with Gasteiger partial charge in [-0.1, -0.05) is 29.8 Å². The Kier molecular flexibility index (Phi) is 4.46. The van der Waals surface area contributed by atoms with E-state index in [1.165, 1.54) is 10.4 Å². The summed E-state index contributed by atoms with van der Waals surface area (Å²) in [7, 11) is 0. The third kappa shape index (κ3) is 3.69.